The van der Waals surface area contributed by atoms with Crippen molar-refractivity contribution in [1.29, 1.82) is 0 Å². The van der Waals surface area contributed by atoms with E-state index in [1.165, 1.54) is 24.0 Å². The van der Waals surface area contributed by atoms with E-state index in [-0.39, 0.29) is 0 Å². The Morgan fingerprint density at radius 3 is 2.80 bits per heavy atom. The van der Waals surface area contributed by atoms with E-state index in [0.717, 1.165) is 55.2 Å². The molecule has 0 unspecified atom stereocenters. The van der Waals surface area contributed by atoms with Crippen molar-refractivity contribution in [3.8, 4) is 0 Å². The highest BCUT2D eigenvalue weighted by atomic mass is 15.3. The van der Waals surface area contributed by atoms with E-state index >= 15 is 0 Å². The van der Waals surface area contributed by atoms with Gasteiger partial charge in [0.2, 0.25) is 0 Å². The third-order valence-corrected chi connectivity index (χ3v) is 6.04. The van der Waals surface area contributed by atoms with Crippen LogP contribution in [0.3, 0.4) is 0 Å². The van der Waals surface area contributed by atoms with Crippen molar-refractivity contribution < 1.29 is 0 Å². The molecule has 0 bridgehead atoms. The van der Waals surface area contributed by atoms with Crippen LogP contribution in [0.4, 0.5) is 0 Å². The van der Waals surface area contributed by atoms with E-state index in [2.05, 4.69) is 64.5 Å². The molecule has 1 aliphatic carbocycles. The van der Waals surface area contributed by atoms with E-state index in [4.69, 9.17) is 4.99 Å². The van der Waals surface area contributed by atoms with E-state index in [9.17, 15) is 0 Å². The van der Waals surface area contributed by atoms with Crippen molar-refractivity contribution in [2.24, 2.45) is 4.99 Å². The number of nitrogens with one attached hydrogen (secondary N) is 2. The van der Waals surface area contributed by atoms with Gasteiger partial charge in [-0.15, -0.1) is 0 Å². The summed E-state index contributed by atoms with van der Waals surface area (Å²) in [7, 11) is 0. The Labute approximate surface area is 179 Å². The number of benzene rings is 1. The van der Waals surface area contributed by atoms with Crippen LogP contribution in [0.25, 0.3) is 11.0 Å². The quantitative estimate of drug-likeness (QED) is 0.567. The molecule has 1 saturated heterocycles. The first-order valence-corrected chi connectivity index (χ1v) is 11.0. The molecule has 0 amide bonds. The van der Waals surface area contributed by atoms with Crippen LogP contribution < -0.4 is 10.6 Å². The van der Waals surface area contributed by atoms with Gasteiger partial charge in [-0.3, -0.25) is 9.97 Å². The maximum atomic E-state index is 4.94. The van der Waals surface area contributed by atoms with Crippen LogP contribution in [-0.2, 0) is 6.54 Å². The molecule has 1 saturated carbocycles. The van der Waals surface area contributed by atoms with Gasteiger partial charge in [0.25, 0.3) is 0 Å². The van der Waals surface area contributed by atoms with Crippen LogP contribution in [-0.4, -0.2) is 45.9 Å². The second kappa shape index (κ2) is 8.96. The zero-order chi connectivity index (χ0) is 21.0. The third kappa shape index (κ3) is 4.70. The first kappa shape index (κ1) is 20.5. The summed E-state index contributed by atoms with van der Waals surface area (Å²) >= 11 is 0. The highest BCUT2D eigenvalue weighted by Gasteiger charge is 2.46. The van der Waals surface area contributed by atoms with Gasteiger partial charge >= 0.3 is 0 Å². The fourth-order valence-corrected chi connectivity index (χ4v) is 3.83. The Kier molecular flexibility index (Phi) is 6.13. The molecule has 2 fully saturated rings. The van der Waals surface area contributed by atoms with Gasteiger partial charge in [-0.05, 0) is 50.8 Å². The summed E-state index contributed by atoms with van der Waals surface area (Å²) in [4.78, 5) is 16.2. The number of hydrogen-bond acceptors (Lipinski definition) is 5. The molecule has 2 aromatic rings. The minimum Gasteiger partial charge on any atom is -0.378 e. The summed E-state index contributed by atoms with van der Waals surface area (Å²) in [6, 6.07) is 6.24. The van der Waals surface area contributed by atoms with E-state index in [0.29, 0.717) is 5.54 Å². The van der Waals surface area contributed by atoms with Gasteiger partial charge in [0.1, 0.15) is 0 Å². The van der Waals surface area contributed by atoms with Crippen LogP contribution in [0, 0.1) is 0 Å². The van der Waals surface area contributed by atoms with Crippen molar-refractivity contribution in [3.05, 3.63) is 59.7 Å². The first-order valence-electron chi connectivity index (χ1n) is 11.0. The molecule has 1 spiro atoms. The van der Waals surface area contributed by atoms with Gasteiger partial charge in [0.15, 0.2) is 5.84 Å². The molecule has 6 nitrogen and oxygen atoms in total. The lowest BCUT2D eigenvalue weighted by Crippen LogP contribution is -2.55. The molecule has 1 aliphatic heterocycles. The van der Waals surface area contributed by atoms with Gasteiger partial charge in [-0.25, -0.2) is 4.99 Å². The minimum absolute atomic E-state index is 0.304. The maximum absolute atomic E-state index is 4.94. The highest BCUT2D eigenvalue weighted by Crippen LogP contribution is 2.37. The smallest absolute Gasteiger partial charge is 0.151 e. The molecule has 0 atom stereocenters. The van der Waals surface area contributed by atoms with Crippen LogP contribution in [0.5, 0.6) is 0 Å². The Morgan fingerprint density at radius 1 is 1.27 bits per heavy atom. The molecule has 6 heteroatoms. The zero-order valence-electron chi connectivity index (χ0n) is 18.3. The number of piperazine rings is 1. The minimum atomic E-state index is 0.304. The fourth-order valence-electron chi connectivity index (χ4n) is 3.83. The average Bonchev–Trinajstić information content (AvgIpc) is 3.53. The molecule has 0 radical (unpaired) electrons. The number of allylic oxidation sites excluding steroid dienone is 2. The summed E-state index contributed by atoms with van der Waals surface area (Å²) in [5, 5.41) is 7.33. The molecule has 30 heavy (non-hydrogen) atoms. The van der Waals surface area contributed by atoms with Crippen molar-refractivity contribution >= 4 is 16.9 Å². The van der Waals surface area contributed by atoms with E-state index < -0.39 is 0 Å². The number of amidine groups is 1. The van der Waals surface area contributed by atoms with Crippen molar-refractivity contribution in [2.45, 2.75) is 52.1 Å². The molecular weight excluding hydrogens is 372 g/mol. The second-order valence-corrected chi connectivity index (χ2v) is 8.35. The normalized spacial score (nSPS) is 19.4. The monoisotopic (exact) mass is 404 g/mol. The molecule has 1 aromatic heterocycles. The summed E-state index contributed by atoms with van der Waals surface area (Å²) in [5.74, 6) is 1.04. The van der Waals surface area contributed by atoms with Crippen molar-refractivity contribution in [1.82, 2.24) is 25.5 Å². The van der Waals surface area contributed by atoms with E-state index in [1.54, 1.807) is 12.4 Å². The molecule has 158 valence electrons. The van der Waals surface area contributed by atoms with Crippen molar-refractivity contribution in [2.75, 3.05) is 19.6 Å². The van der Waals surface area contributed by atoms with E-state index in [1.807, 2.05) is 12.3 Å². The molecule has 1 aromatic carbocycles. The lowest BCUT2D eigenvalue weighted by molar-refractivity contribution is 0.276. The lowest BCUT2D eigenvalue weighted by atomic mass is 10.1. The van der Waals surface area contributed by atoms with Gasteiger partial charge in [-0.1, -0.05) is 24.6 Å². The van der Waals surface area contributed by atoms with Gasteiger partial charge in [-0.2, -0.15) is 0 Å². The van der Waals surface area contributed by atoms with Gasteiger partial charge < -0.3 is 15.5 Å². The number of fused-ring (bicyclic) bond motifs is 1. The van der Waals surface area contributed by atoms with Gasteiger partial charge in [0, 0.05) is 50.3 Å². The Bertz CT molecular complexity index is 986. The Morgan fingerprint density at radius 2 is 2.07 bits per heavy atom. The lowest BCUT2D eigenvalue weighted by Gasteiger charge is -2.37. The highest BCUT2D eigenvalue weighted by molar-refractivity contribution is 5.98. The predicted molar refractivity (Wildman–Crippen MR) is 123 cm³/mol. The van der Waals surface area contributed by atoms with Crippen molar-refractivity contribution in [3.63, 3.8) is 0 Å². The molecule has 4 rings (SSSR count). The van der Waals surface area contributed by atoms with Crippen LogP contribution in [0.15, 0.2) is 59.1 Å². The summed E-state index contributed by atoms with van der Waals surface area (Å²) in [5.41, 5.74) is 5.69. The molecule has 2 N–H and O–H groups in total. The van der Waals surface area contributed by atoms with Crippen LogP contribution in [0.1, 0.15) is 45.6 Å². The zero-order valence-corrected chi connectivity index (χ0v) is 18.3. The number of nitrogens with zero attached hydrogens (tertiary/aromatic N) is 4. The number of aromatic nitrogens is 2. The molecule has 2 aliphatic rings. The maximum Gasteiger partial charge on any atom is 0.151 e. The number of aliphatic imine (C=N–C) groups is 1. The summed E-state index contributed by atoms with van der Waals surface area (Å²) < 4.78 is 0. The predicted octanol–water partition coefficient (Wildman–Crippen LogP) is 3.77. The van der Waals surface area contributed by atoms with Crippen LogP contribution >= 0.6 is 0 Å². The average molecular weight is 405 g/mol. The Balaban J connectivity index is 1.54. The summed E-state index contributed by atoms with van der Waals surface area (Å²) in [6.07, 6.45) is 11.2. The number of hydrogen-bond donors (Lipinski definition) is 2. The standard InChI is InChI=1S/C24H32N6/c1-4-18(3)15-28-23(30-13-12-29-24(17-30)8-9-24)20(5-2)27-16-19-6-7-21-22(14-19)26-11-10-25-21/h5-7,10-11,14-15,27,29H,4,8-9,12-13,16-17H2,1-3H3/b18-15+,20-5+,28-23-. The topological polar surface area (TPSA) is 65.4 Å². The third-order valence-electron chi connectivity index (χ3n) is 6.04. The van der Waals surface area contributed by atoms with Gasteiger partial charge in [0.05, 0.1) is 16.7 Å². The Hall–Kier alpha value is -2.73. The summed E-state index contributed by atoms with van der Waals surface area (Å²) in [6.45, 7) is 10.1. The number of rotatable bonds is 6. The molecular formula is C24H32N6. The molecule has 2 heterocycles. The first-order chi connectivity index (χ1) is 14.6. The fraction of sp³-hybridized carbons (Fsp3) is 0.458. The SMILES string of the molecule is C\C=C(NCc1ccc2nccnc2c1)/C(=N/C=C(\C)CC)N1CCNC2(CC2)C1. The second-order valence-electron chi connectivity index (χ2n) is 8.35. The van der Waals surface area contributed by atoms with Crippen LogP contribution in [0.2, 0.25) is 0 Å². The largest absolute Gasteiger partial charge is 0.378 e.